The highest BCUT2D eigenvalue weighted by Gasteiger charge is 2.26. The molecule has 0 spiro atoms. The van der Waals surface area contributed by atoms with E-state index in [1.54, 1.807) is 13.2 Å². The zero-order valence-corrected chi connectivity index (χ0v) is 9.44. The van der Waals surface area contributed by atoms with E-state index in [1.165, 1.54) is 0 Å². The maximum atomic E-state index is 9.17. The van der Waals surface area contributed by atoms with Crippen LogP contribution in [0.5, 0.6) is 5.75 Å². The minimum atomic E-state index is -0.0952. The summed E-state index contributed by atoms with van der Waals surface area (Å²) in [6.07, 6.45) is 1.70. The zero-order valence-electron chi connectivity index (χ0n) is 9.44. The van der Waals surface area contributed by atoms with Crippen molar-refractivity contribution in [3.05, 3.63) is 18.2 Å². The molecular formula is C12H18N2O2. The van der Waals surface area contributed by atoms with Crippen molar-refractivity contribution in [3.63, 3.8) is 0 Å². The van der Waals surface area contributed by atoms with Crippen LogP contribution in [0.15, 0.2) is 18.2 Å². The van der Waals surface area contributed by atoms with Crippen molar-refractivity contribution < 1.29 is 9.84 Å². The number of aliphatic hydroxyl groups is 1. The lowest BCUT2D eigenvalue weighted by Gasteiger charge is -2.31. The van der Waals surface area contributed by atoms with E-state index in [9.17, 15) is 5.11 Å². The number of benzene rings is 1. The predicted octanol–water partition coefficient (Wildman–Crippen LogP) is 1.46. The number of aliphatic hydroxyl groups excluding tert-OH is 1. The van der Waals surface area contributed by atoms with Crippen LogP contribution in [-0.4, -0.2) is 24.9 Å². The number of nitrogens with one attached hydrogen (secondary N) is 1. The fourth-order valence-electron chi connectivity index (χ4n) is 1.97. The Labute approximate surface area is 95.4 Å². The van der Waals surface area contributed by atoms with Crippen LogP contribution in [0.25, 0.3) is 0 Å². The summed E-state index contributed by atoms with van der Waals surface area (Å²) in [7, 11) is 1.63. The Bertz CT molecular complexity index is 362. The molecule has 0 aliphatic heterocycles. The van der Waals surface area contributed by atoms with Crippen molar-refractivity contribution in [2.45, 2.75) is 18.9 Å². The largest absolute Gasteiger partial charge is 0.497 e. The monoisotopic (exact) mass is 222 g/mol. The van der Waals surface area contributed by atoms with Gasteiger partial charge < -0.3 is 20.9 Å². The Kier molecular flexibility index (Phi) is 3.19. The van der Waals surface area contributed by atoms with E-state index in [0.29, 0.717) is 11.6 Å². The maximum Gasteiger partial charge on any atom is 0.122 e. The van der Waals surface area contributed by atoms with E-state index in [-0.39, 0.29) is 6.10 Å². The molecule has 1 aromatic carbocycles. The predicted molar refractivity (Wildman–Crippen MR) is 64.6 cm³/mol. The maximum absolute atomic E-state index is 9.17. The molecule has 4 heteroatoms. The van der Waals surface area contributed by atoms with Gasteiger partial charge in [0.05, 0.1) is 13.2 Å². The molecule has 0 heterocycles. The van der Waals surface area contributed by atoms with Gasteiger partial charge in [-0.05, 0) is 24.8 Å². The molecule has 1 aliphatic rings. The van der Waals surface area contributed by atoms with Crippen LogP contribution in [0.3, 0.4) is 0 Å². The van der Waals surface area contributed by atoms with Crippen LogP contribution in [0.2, 0.25) is 0 Å². The zero-order chi connectivity index (χ0) is 11.5. The quantitative estimate of drug-likeness (QED) is 0.675. The summed E-state index contributed by atoms with van der Waals surface area (Å²) in [6, 6.07) is 5.60. The molecule has 4 nitrogen and oxygen atoms in total. The van der Waals surface area contributed by atoms with Gasteiger partial charge in [-0.1, -0.05) is 0 Å². The van der Waals surface area contributed by atoms with Gasteiger partial charge in [-0.15, -0.1) is 0 Å². The number of hydrogen-bond donors (Lipinski definition) is 3. The normalized spacial score (nSPS) is 23.6. The Morgan fingerprint density at radius 2 is 2.19 bits per heavy atom. The second kappa shape index (κ2) is 4.61. The van der Waals surface area contributed by atoms with E-state index >= 15 is 0 Å². The first-order chi connectivity index (χ1) is 7.67. The average Bonchev–Trinajstić information content (AvgIpc) is 2.22. The molecule has 0 atom stereocenters. The first-order valence-corrected chi connectivity index (χ1v) is 5.54. The number of hydrogen-bond acceptors (Lipinski definition) is 4. The van der Waals surface area contributed by atoms with Crippen molar-refractivity contribution in [2.75, 3.05) is 24.7 Å². The first-order valence-electron chi connectivity index (χ1n) is 5.54. The molecule has 0 saturated heterocycles. The van der Waals surface area contributed by atoms with Crippen LogP contribution in [0, 0.1) is 5.92 Å². The van der Waals surface area contributed by atoms with Crippen molar-refractivity contribution in [1.82, 2.24) is 0 Å². The van der Waals surface area contributed by atoms with Crippen molar-refractivity contribution >= 4 is 11.4 Å². The first kappa shape index (κ1) is 11.1. The third kappa shape index (κ3) is 2.58. The van der Waals surface area contributed by atoms with Gasteiger partial charge in [-0.25, -0.2) is 0 Å². The van der Waals surface area contributed by atoms with Gasteiger partial charge in [0.1, 0.15) is 5.75 Å². The highest BCUT2D eigenvalue weighted by Crippen LogP contribution is 2.28. The van der Waals surface area contributed by atoms with E-state index in [4.69, 9.17) is 10.5 Å². The van der Waals surface area contributed by atoms with E-state index in [1.807, 2.05) is 12.1 Å². The molecule has 88 valence electrons. The van der Waals surface area contributed by atoms with Crippen molar-refractivity contribution in [2.24, 2.45) is 5.92 Å². The lowest BCUT2D eigenvalue weighted by Crippen LogP contribution is -2.33. The fourth-order valence-corrected chi connectivity index (χ4v) is 1.97. The standard InChI is InChI=1S/C12H18N2O2/c1-16-12-5-9(13)4-10(6-12)14-7-8-2-11(15)3-8/h4-6,8,11,14-15H,2-3,7,13H2,1H3. The molecular weight excluding hydrogens is 204 g/mol. The smallest absolute Gasteiger partial charge is 0.122 e. The molecule has 1 aliphatic carbocycles. The minimum absolute atomic E-state index is 0.0952. The average molecular weight is 222 g/mol. The minimum Gasteiger partial charge on any atom is -0.497 e. The van der Waals surface area contributed by atoms with E-state index in [0.717, 1.165) is 30.8 Å². The summed E-state index contributed by atoms with van der Waals surface area (Å²) in [6.45, 7) is 0.879. The summed E-state index contributed by atoms with van der Waals surface area (Å²) >= 11 is 0. The fraction of sp³-hybridized carbons (Fsp3) is 0.500. The molecule has 4 N–H and O–H groups in total. The Balaban J connectivity index is 1.90. The van der Waals surface area contributed by atoms with Crippen LogP contribution >= 0.6 is 0 Å². The topological polar surface area (TPSA) is 67.5 Å². The number of rotatable bonds is 4. The second-order valence-electron chi connectivity index (χ2n) is 4.37. The molecule has 2 rings (SSSR count). The number of nitrogens with two attached hydrogens (primary N) is 1. The number of nitrogen functional groups attached to an aromatic ring is 1. The number of ether oxygens (including phenoxy) is 1. The SMILES string of the molecule is COc1cc(N)cc(NCC2CC(O)C2)c1. The Hall–Kier alpha value is -1.42. The highest BCUT2D eigenvalue weighted by molar-refractivity contribution is 5.59. The third-order valence-corrected chi connectivity index (χ3v) is 2.97. The Morgan fingerprint density at radius 1 is 1.44 bits per heavy atom. The van der Waals surface area contributed by atoms with Gasteiger partial charge >= 0.3 is 0 Å². The van der Waals surface area contributed by atoms with Crippen molar-refractivity contribution in [3.8, 4) is 5.75 Å². The van der Waals surface area contributed by atoms with Crippen LogP contribution in [-0.2, 0) is 0 Å². The molecule has 0 amide bonds. The van der Waals surface area contributed by atoms with Crippen molar-refractivity contribution in [1.29, 1.82) is 0 Å². The number of anilines is 2. The van der Waals surface area contributed by atoms with Gasteiger partial charge in [0, 0.05) is 30.1 Å². The van der Waals surface area contributed by atoms with Gasteiger partial charge in [0.25, 0.3) is 0 Å². The van der Waals surface area contributed by atoms with Gasteiger partial charge in [-0.2, -0.15) is 0 Å². The van der Waals surface area contributed by atoms with Crippen LogP contribution in [0.4, 0.5) is 11.4 Å². The van der Waals surface area contributed by atoms with Gasteiger partial charge in [-0.3, -0.25) is 0 Å². The summed E-state index contributed by atoms with van der Waals surface area (Å²) in [5.74, 6) is 1.33. The molecule has 1 aromatic rings. The summed E-state index contributed by atoms with van der Waals surface area (Å²) < 4.78 is 5.14. The molecule has 16 heavy (non-hydrogen) atoms. The molecule has 0 aromatic heterocycles. The van der Waals surface area contributed by atoms with Gasteiger partial charge in [0.2, 0.25) is 0 Å². The molecule has 1 saturated carbocycles. The highest BCUT2D eigenvalue weighted by atomic mass is 16.5. The third-order valence-electron chi connectivity index (χ3n) is 2.97. The van der Waals surface area contributed by atoms with E-state index < -0.39 is 0 Å². The van der Waals surface area contributed by atoms with Crippen LogP contribution in [0.1, 0.15) is 12.8 Å². The second-order valence-corrected chi connectivity index (χ2v) is 4.37. The summed E-state index contributed by atoms with van der Waals surface area (Å²) in [5.41, 5.74) is 7.41. The van der Waals surface area contributed by atoms with Gasteiger partial charge in [0.15, 0.2) is 0 Å². The molecule has 1 fully saturated rings. The Morgan fingerprint density at radius 3 is 2.81 bits per heavy atom. The molecule has 0 radical (unpaired) electrons. The molecule has 0 bridgehead atoms. The lowest BCUT2D eigenvalue weighted by atomic mass is 9.82. The van der Waals surface area contributed by atoms with Crippen LogP contribution < -0.4 is 15.8 Å². The lowest BCUT2D eigenvalue weighted by molar-refractivity contribution is 0.0487. The molecule has 0 unspecified atom stereocenters. The summed E-state index contributed by atoms with van der Waals surface area (Å²) in [4.78, 5) is 0. The summed E-state index contributed by atoms with van der Waals surface area (Å²) in [5, 5.41) is 12.5. The van der Waals surface area contributed by atoms with E-state index in [2.05, 4.69) is 5.32 Å². The number of methoxy groups -OCH3 is 1.